The Morgan fingerprint density at radius 2 is 1.75 bits per heavy atom. The molecule has 0 atom stereocenters. The van der Waals surface area contributed by atoms with Crippen LogP contribution < -0.4 is 10.1 Å². The smallest absolute Gasteiger partial charge is 0.264 e. The van der Waals surface area contributed by atoms with E-state index in [9.17, 15) is 4.79 Å². The Kier molecular flexibility index (Phi) is 4.53. The number of thiazole rings is 1. The van der Waals surface area contributed by atoms with Gasteiger partial charge in [0.25, 0.3) is 5.91 Å². The minimum Gasteiger partial charge on any atom is -0.484 e. The number of rotatable bonds is 4. The minimum absolute atomic E-state index is 0.0314. The highest BCUT2D eigenvalue weighted by Gasteiger charge is 2.11. The van der Waals surface area contributed by atoms with Gasteiger partial charge in [0.1, 0.15) is 5.75 Å². The lowest BCUT2D eigenvalue weighted by Gasteiger charge is -2.07. The molecule has 0 unspecified atom stereocenters. The molecule has 3 rings (SSSR count). The molecule has 0 radical (unpaired) electrons. The number of amides is 1. The van der Waals surface area contributed by atoms with Crippen LogP contribution in [0.4, 0.5) is 5.13 Å². The van der Waals surface area contributed by atoms with Gasteiger partial charge in [-0.05, 0) is 62.1 Å². The van der Waals surface area contributed by atoms with E-state index in [2.05, 4.69) is 16.4 Å². The quantitative estimate of drug-likeness (QED) is 0.758. The first-order valence-electron chi connectivity index (χ1n) is 7.80. The maximum atomic E-state index is 12.1. The van der Waals surface area contributed by atoms with Gasteiger partial charge >= 0.3 is 0 Å². The highest BCUT2D eigenvalue weighted by Crippen LogP contribution is 2.30. The Bertz CT molecular complexity index is 876. The van der Waals surface area contributed by atoms with E-state index in [0.29, 0.717) is 10.9 Å². The van der Waals surface area contributed by atoms with Crippen LogP contribution in [0.25, 0.3) is 10.2 Å². The molecule has 0 bridgehead atoms. The van der Waals surface area contributed by atoms with E-state index in [0.717, 1.165) is 21.3 Å². The Morgan fingerprint density at radius 1 is 1.04 bits per heavy atom. The van der Waals surface area contributed by atoms with Crippen molar-refractivity contribution in [1.29, 1.82) is 0 Å². The number of anilines is 1. The molecule has 0 spiro atoms. The third-order valence-corrected chi connectivity index (χ3v) is 5.14. The SMILES string of the molecule is Cc1ccc(OCC(=O)Nc2nc3c(C)ccc(C)c3s2)cc1C. The maximum Gasteiger partial charge on any atom is 0.264 e. The summed E-state index contributed by atoms with van der Waals surface area (Å²) in [4.78, 5) is 16.6. The standard InChI is InChI=1S/C19H20N2O2S/c1-11-7-8-15(9-14(11)4)23-10-16(22)20-19-21-17-12(2)5-6-13(3)18(17)24-19/h5-9H,10H2,1-4H3,(H,20,21,22). The fourth-order valence-electron chi connectivity index (χ4n) is 2.42. The van der Waals surface area contributed by atoms with Gasteiger partial charge in [-0.2, -0.15) is 0 Å². The largest absolute Gasteiger partial charge is 0.484 e. The molecule has 1 amide bonds. The van der Waals surface area contributed by atoms with Gasteiger partial charge in [-0.1, -0.05) is 29.5 Å². The molecule has 3 aromatic rings. The van der Waals surface area contributed by atoms with E-state index in [1.165, 1.54) is 22.5 Å². The molecule has 5 heteroatoms. The first kappa shape index (κ1) is 16.5. The van der Waals surface area contributed by atoms with Crippen LogP contribution in [0.5, 0.6) is 5.75 Å². The normalized spacial score (nSPS) is 10.8. The second-order valence-corrected chi connectivity index (χ2v) is 6.98. The second-order valence-electron chi connectivity index (χ2n) is 5.98. The molecule has 4 nitrogen and oxygen atoms in total. The molecule has 124 valence electrons. The average molecular weight is 340 g/mol. The highest BCUT2D eigenvalue weighted by molar-refractivity contribution is 7.22. The number of nitrogens with one attached hydrogen (secondary N) is 1. The fourth-order valence-corrected chi connectivity index (χ4v) is 3.45. The first-order chi connectivity index (χ1) is 11.4. The average Bonchev–Trinajstić information content (AvgIpc) is 2.97. The zero-order valence-electron chi connectivity index (χ0n) is 14.3. The zero-order valence-corrected chi connectivity index (χ0v) is 15.1. The van der Waals surface area contributed by atoms with Gasteiger partial charge in [0, 0.05) is 0 Å². The summed E-state index contributed by atoms with van der Waals surface area (Å²) in [6.07, 6.45) is 0. The number of hydrogen-bond donors (Lipinski definition) is 1. The van der Waals surface area contributed by atoms with Crippen LogP contribution in [0.1, 0.15) is 22.3 Å². The third-order valence-electron chi connectivity index (χ3n) is 4.04. The van der Waals surface area contributed by atoms with Gasteiger partial charge in [-0.3, -0.25) is 10.1 Å². The van der Waals surface area contributed by atoms with Crippen LogP contribution in [-0.4, -0.2) is 17.5 Å². The molecule has 0 fully saturated rings. The third kappa shape index (κ3) is 3.41. The van der Waals surface area contributed by atoms with Crippen molar-refractivity contribution in [3.05, 3.63) is 52.6 Å². The van der Waals surface area contributed by atoms with Crippen LogP contribution in [0.2, 0.25) is 0 Å². The van der Waals surface area contributed by atoms with E-state index < -0.39 is 0 Å². The summed E-state index contributed by atoms with van der Waals surface area (Å²) in [6, 6.07) is 9.92. The van der Waals surface area contributed by atoms with E-state index in [4.69, 9.17) is 4.74 Å². The molecule has 2 aromatic carbocycles. The molecule has 1 heterocycles. The summed E-state index contributed by atoms with van der Waals surface area (Å²) in [5.74, 6) is 0.492. The summed E-state index contributed by atoms with van der Waals surface area (Å²) in [5.41, 5.74) is 5.57. The van der Waals surface area contributed by atoms with Gasteiger partial charge in [-0.25, -0.2) is 4.98 Å². The molecule has 0 aliphatic heterocycles. The molecule has 0 saturated carbocycles. The van der Waals surface area contributed by atoms with E-state index in [-0.39, 0.29) is 12.5 Å². The van der Waals surface area contributed by atoms with Crippen molar-refractivity contribution < 1.29 is 9.53 Å². The molecule has 1 aromatic heterocycles. The summed E-state index contributed by atoms with van der Waals surface area (Å²) < 4.78 is 6.67. The number of nitrogens with zero attached hydrogens (tertiary/aromatic N) is 1. The molecule has 0 saturated heterocycles. The fraction of sp³-hybridized carbons (Fsp3) is 0.263. The molecule has 1 N–H and O–H groups in total. The number of fused-ring (bicyclic) bond motifs is 1. The van der Waals surface area contributed by atoms with Crippen LogP contribution in [-0.2, 0) is 4.79 Å². The molecule has 0 aliphatic rings. The summed E-state index contributed by atoms with van der Waals surface area (Å²) in [6.45, 7) is 8.11. The zero-order chi connectivity index (χ0) is 17.3. The Morgan fingerprint density at radius 3 is 2.46 bits per heavy atom. The number of carbonyl (C=O) groups is 1. The first-order valence-corrected chi connectivity index (χ1v) is 8.62. The second kappa shape index (κ2) is 6.61. The lowest BCUT2D eigenvalue weighted by atomic mass is 10.1. The Hall–Kier alpha value is -2.40. The van der Waals surface area contributed by atoms with Crippen LogP contribution in [0.3, 0.4) is 0 Å². The van der Waals surface area contributed by atoms with E-state index in [1.54, 1.807) is 0 Å². The predicted octanol–water partition coefficient (Wildman–Crippen LogP) is 4.55. The van der Waals surface area contributed by atoms with Crippen molar-refractivity contribution >= 4 is 32.6 Å². The van der Waals surface area contributed by atoms with Crippen molar-refractivity contribution in [3.63, 3.8) is 0 Å². The number of carbonyl (C=O) groups excluding carboxylic acids is 1. The molecule has 0 aliphatic carbocycles. The van der Waals surface area contributed by atoms with E-state index >= 15 is 0 Å². The Labute approximate surface area is 145 Å². The van der Waals surface area contributed by atoms with Crippen LogP contribution in [0, 0.1) is 27.7 Å². The number of aryl methyl sites for hydroxylation is 4. The van der Waals surface area contributed by atoms with Crippen LogP contribution >= 0.6 is 11.3 Å². The number of benzene rings is 2. The topological polar surface area (TPSA) is 51.2 Å². The molecular formula is C19H20N2O2S. The van der Waals surface area contributed by atoms with Crippen molar-refractivity contribution in [2.75, 3.05) is 11.9 Å². The van der Waals surface area contributed by atoms with Gasteiger partial charge in [-0.15, -0.1) is 0 Å². The molecule has 24 heavy (non-hydrogen) atoms. The highest BCUT2D eigenvalue weighted by atomic mass is 32.1. The van der Waals surface area contributed by atoms with Crippen molar-refractivity contribution in [1.82, 2.24) is 4.98 Å². The van der Waals surface area contributed by atoms with Gasteiger partial charge in [0.15, 0.2) is 11.7 Å². The summed E-state index contributed by atoms with van der Waals surface area (Å²) in [7, 11) is 0. The van der Waals surface area contributed by atoms with Gasteiger partial charge < -0.3 is 4.74 Å². The maximum absolute atomic E-state index is 12.1. The van der Waals surface area contributed by atoms with Gasteiger partial charge in [0.05, 0.1) is 10.2 Å². The lowest BCUT2D eigenvalue weighted by Crippen LogP contribution is -2.20. The minimum atomic E-state index is -0.206. The summed E-state index contributed by atoms with van der Waals surface area (Å²) in [5, 5.41) is 3.43. The lowest BCUT2D eigenvalue weighted by molar-refractivity contribution is -0.118. The van der Waals surface area contributed by atoms with Gasteiger partial charge in [0.2, 0.25) is 0 Å². The van der Waals surface area contributed by atoms with E-state index in [1.807, 2.05) is 52.0 Å². The number of hydrogen-bond acceptors (Lipinski definition) is 4. The molecular weight excluding hydrogens is 320 g/mol. The van der Waals surface area contributed by atoms with Crippen molar-refractivity contribution in [2.24, 2.45) is 0 Å². The van der Waals surface area contributed by atoms with Crippen molar-refractivity contribution in [2.45, 2.75) is 27.7 Å². The summed E-state index contributed by atoms with van der Waals surface area (Å²) >= 11 is 1.49. The van der Waals surface area contributed by atoms with Crippen molar-refractivity contribution in [3.8, 4) is 5.75 Å². The number of aromatic nitrogens is 1. The Balaban J connectivity index is 1.67. The monoisotopic (exact) mass is 340 g/mol. The van der Waals surface area contributed by atoms with Crippen LogP contribution in [0.15, 0.2) is 30.3 Å². The predicted molar refractivity (Wildman–Crippen MR) is 99.1 cm³/mol. The number of ether oxygens (including phenoxy) is 1.